The number of hydrogen-bond donors (Lipinski definition) is 1. The summed E-state index contributed by atoms with van der Waals surface area (Å²) in [6.45, 7) is 4.47. The van der Waals surface area contributed by atoms with Crippen LogP contribution in [0.2, 0.25) is 0 Å². The molecular weight excluding hydrogens is 514 g/mol. The van der Waals surface area contributed by atoms with Crippen LogP contribution in [0.1, 0.15) is 32.7 Å². The number of benzene rings is 2. The average Bonchev–Trinajstić information content (AvgIpc) is 3.47. The first-order valence-corrected chi connectivity index (χ1v) is 12.2. The van der Waals surface area contributed by atoms with Crippen molar-refractivity contribution >= 4 is 11.5 Å². The largest absolute Gasteiger partial charge is 0.419 e. The van der Waals surface area contributed by atoms with E-state index >= 15 is 0 Å². The third-order valence-electron chi connectivity index (χ3n) is 6.46. The number of hydrogen-bond acceptors (Lipinski definition) is 6. The van der Waals surface area contributed by atoms with Gasteiger partial charge in [0.15, 0.2) is 11.6 Å². The number of nitrogens with one attached hydrogen (secondary N) is 1. The van der Waals surface area contributed by atoms with Gasteiger partial charge in [0.25, 0.3) is 0 Å². The van der Waals surface area contributed by atoms with E-state index in [1.165, 1.54) is 0 Å². The highest BCUT2D eigenvalue weighted by molar-refractivity contribution is 5.98. The lowest BCUT2D eigenvalue weighted by Gasteiger charge is -2.16. The third-order valence-corrected chi connectivity index (χ3v) is 6.46. The molecule has 2 aromatic carbocycles. The van der Waals surface area contributed by atoms with Crippen molar-refractivity contribution in [2.45, 2.75) is 26.4 Å². The summed E-state index contributed by atoms with van der Waals surface area (Å²) in [4.78, 5) is 14.9. The summed E-state index contributed by atoms with van der Waals surface area (Å²) in [5, 5.41) is 15.4. The summed E-state index contributed by atoms with van der Waals surface area (Å²) < 4.78 is 58.7. The van der Waals surface area contributed by atoms with Crippen molar-refractivity contribution in [3.05, 3.63) is 76.5 Å². The van der Waals surface area contributed by atoms with Gasteiger partial charge in [-0.1, -0.05) is 17.3 Å². The first kappa shape index (κ1) is 28.0. The number of rotatable bonds is 9. The fourth-order valence-corrected chi connectivity index (χ4v) is 4.09. The normalized spacial score (nSPS) is 11.8. The van der Waals surface area contributed by atoms with Crippen molar-refractivity contribution in [1.82, 2.24) is 29.7 Å². The number of likely N-dealkylation sites (N-methyl/N-ethyl adjacent to an activating group) is 1. The number of Topliss-reactive ketones (excluding diaryl/α,β-unsaturated/α-hetero) is 1. The molecule has 206 valence electrons. The van der Waals surface area contributed by atoms with E-state index in [0.717, 1.165) is 22.9 Å². The highest BCUT2D eigenvalue weighted by atomic mass is 19.4. The summed E-state index contributed by atoms with van der Waals surface area (Å²) in [5.41, 5.74) is 2.41. The quantitative estimate of drug-likeness (QED) is 0.240. The predicted molar refractivity (Wildman–Crippen MR) is 140 cm³/mol. The molecule has 0 spiro atoms. The summed E-state index contributed by atoms with van der Waals surface area (Å²) >= 11 is 0. The number of alkyl halides is 3. The van der Waals surface area contributed by atoms with Crippen molar-refractivity contribution in [2.24, 2.45) is 7.05 Å². The van der Waals surface area contributed by atoms with Crippen LogP contribution in [-0.4, -0.2) is 62.6 Å². The Morgan fingerprint density at radius 3 is 2.51 bits per heavy atom. The smallest absolute Gasteiger partial charge is 0.381 e. The molecule has 4 rings (SSSR count). The maximum Gasteiger partial charge on any atom is 0.419 e. The summed E-state index contributed by atoms with van der Waals surface area (Å²) in [7, 11) is 5.40. The molecular formula is C27H29F4N7O. The molecule has 0 saturated heterocycles. The molecule has 39 heavy (non-hydrogen) atoms. The Balaban J connectivity index is 1.62. The zero-order chi connectivity index (χ0) is 28.5. The second kappa shape index (κ2) is 11.0. The molecule has 8 nitrogen and oxygen atoms in total. The van der Waals surface area contributed by atoms with Gasteiger partial charge in [0.05, 0.1) is 29.3 Å². The van der Waals surface area contributed by atoms with E-state index in [1.54, 1.807) is 59.0 Å². The standard InChI is InChI=1S/C27H29F4N7O/c1-16-6-7-18(10-24(16)38-15-23(34-35-38)20-14-33-37(5)17(20)2)11-25(39)19-12-21(27(29,30)31)26(28)22(13-19)32-8-9-36(3)4/h6-7,10,12-15,32H,8-9,11H2,1-5H3. The van der Waals surface area contributed by atoms with Gasteiger partial charge in [0.1, 0.15) is 5.69 Å². The molecule has 0 atom stereocenters. The molecule has 0 aliphatic carbocycles. The lowest BCUT2D eigenvalue weighted by atomic mass is 9.98. The van der Waals surface area contributed by atoms with Gasteiger partial charge < -0.3 is 10.2 Å². The number of halogens is 4. The summed E-state index contributed by atoms with van der Waals surface area (Å²) in [6.07, 6.45) is -1.68. The van der Waals surface area contributed by atoms with Crippen LogP contribution in [0.5, 0.6) is 0 Å². The minimum absolute atomic E-state index is 0.184. The highest BCUT2D eigenvalue weighted by Crippen LogP contribution is 2.35. The van der Waals surface area contributed by atoms with Crippen LogP contribution in [-0.2, 0) is 19.6 Å². The average molecular weight is 544 g/mol. The third kappa shape index (κ3) is 6.17. The Bertz CT molecular complexity index is 1500. The Hall–Kier alpha value is -4.06. The molecule has 0 amide bonds. The van der Waals surface area contributed by atoms with E-state index in [4.69, 9.17) is 0 Å². The molecule has 0 radical (unpaired) electrons. The van der Waals surface area contributed by atoms with Crippen molar-refractivity contribution < 1.29 is 22.4 Å². The molecule has 0 aliphatic rings. The number of aryl methyl sites for hydroxylation is 2. The molecule has 1 N–H and O–H groups in total. The van der Waals surface area contributed by atoms with E-state index in [0.29, 0.717) is 29.6 Å². The lowest BCUT2D eigenvalue weighted by molar-refractivity contribution is -0.139. The van der Waals surface area contributed by atoms with Crippen molar-refractivity contribution in [3.63, 3.8) is 0 Å². The van der Waals surface area contributed by atoms with E-state index in [-0.39, 0.29) is 24.2 Å². The maximum absolute atomic E-state index is 14.7. The van der Waals surface area contributed by atoms with E-state index in [2.05, 4.69) is 20.7 Å². The zero-order valence-electron chi connectivity index (χ0n) is 22.3. The molecule has 0 aliphatic heterocycles. The number of carbonyl (C=O) groups excluding carboxylic acids is 1. The van der Waals surface area contributed by atoms with Crippen molar-refractivity contribution in [3.8, 4) is 16.9 Å². The van der Waals surface area contributed by atoms with Gasteiger partial charge in [-0.3, -0.25) is 9.48 Å². The molecule has 4 aromatic rings. The number of aromatic nitrogens is 5. The fourth-order valence-electron chi connectivity index (χ4n) is 4.09. The lowest BCUT2D eigenvalue weighted by Crippen LogP contribution is -2.22. The van der Waals surface area contributed by atoms with Crippen LogP contribution in [0.3, 0.4) is 0 Å². The Morgan fingerprint density at radius 2 is 1.87 bits per heavy atom. The number of carbonyl (C=O) groups is 1. The summed E-state index contributed by atoms with van der Waals surface area (Å²) in [5.74, 6) is -2.00. The van der Waals surface area contributed by atoms with Gasteiger partial charge in [0, 0.05) is 43.4 Å². The minimum Gasteiger partial charge on any atom is -0.381 e. The molecule has 0 fully saturated rings. The Kier molecular flexibility index (Phi) is 7.86. The molecule has 0 saturated carbocycles. The van der Waals surface area contributed by atoms with Crippen molar-refractivity contribution in [2.75, 3.05) is 32.5 Å². The van der Waals surface area contributed by atoms with E-state index in [1.807, 2.05) is 20.9 Å². The second-order valence-corrected chi connectivity index (χ2v) is 9.65. The second-order valence-electron chi connectivity index (χ2n) is 9.65. The van der Waals surface area contributed by atoms with E-state index in [9.17, 15) is 22.4 Å². The van der Waals surface area contributed by atoms with Crippen LogP contribution < -0.4 is 5.32 Å². The van der Waals surface area contributed by atoms with Crippen LogP contribution in [0, 0.1) is 19.7 Å². The summed E-state index contributed by atoms with van der Waals surface area (Å²) in [6, 6.07) is 6.98. The van der Waals surface area contributed by atoms with Crippen molar-refractivity contribution in [1.29, 1.82) is 0 Å². The molecule has 2 aromatic heterocycles. The van der Waals surface area contributed by atoms with E-state index < -0.39 is 23.3 Å². The number of nitrogens with zero attached hydrogens (tertiary/aromatic N) is 6. The minimum atomic E-state index is -4.95. The number of anilines is 1. The SMILES string of the molecule is Cc1ccc(CC(=O)c2cc(NCCN(C)C)c(F)c(C(F)(F)F)c2)cc1-n1cc(-c2cnn(C)c2C)nn1. The number of ketones is 1. The zero-order valence-corrected chi connectivity index (χ0v) is 22.3. The Morgan fingerprint density at radius 1 is 1.13 bits per heavy atom. The molecule has 0 unspecified atom stereocenters. The van der Waals surface area contributed by atoms with Gasteiger partial charge in [0.2, 0.25) is 0 Å². The van der Waals surface area contributed by atoms with Gasteiger partial charge in [-0.25, -0.2) is 9.07 Å². The molecule has 2 heterocycles. The Labute approximate surface area is 223 Å². The topological polar surface area (TPSA) is 80.9 Å². The predicted octanol–water partition coefficient (Wildman–Crippen LogP) is 4.84. The van der Waals surface area contributed by atoms with Gasteiger partial charge >= 0.3 is 6.18 Å². The van der Waals surface area contributed by atoms with Gasteiger partial charge in [-0.15, -0.1) is 5.10 Å². The first-order valence-electron chi connectivity index (χ1n) is 12.2. The molecule has 12 heteroatoms. The van der Waals surface area contributed by atoms with Crippen LogP contribution in [0.4, 0.5) is 23.2 Å². The van der Waals surface area contributed by atoms with Crippen LogP contribution >= 0.6 is 0 Å². The van der Waals surface area contributed by atoms with Gasteiger partial charge in [-0.05, 0) is 57.3 Å². The monoisotopic (exact) mass is 543 g/mol. The van der Waals surface area contributed by atoms with Gasteiger partial charge in [-0.2, -0.15) is 18.3 Å². The van der Waals surface area contributed by atoms with Crippen LogP contribution in [0.15, 0.2) is 42.7 Å². The maximum atomic E-state index is 14.7. The first-order chi connectivity index (χ1) is 18.3. The fraction of sp³-hybridized carbons (Fsp3) is 0.333. The molecule has 0 bridgehead atoms. The highest BCUT2D eigenvalue weighted by Gasteiger charge is 2.36. The van der Waals surface area contributed by atoms with Crippen LogP contribution in [0.25, 0.3) is 16.9 Å².